The SMILES string of the molecule is COC(=O)CC#Cc1ccncc1Cl. The molecule has 0 unspecified atom stereocenters. The number of esters is 1. The van der Waals surface area contributed by atoms with Gasteiger partial charge in [-0.3, -0.25) is 9.78 Å². The Morgan fingerprint density at radius 2 is 2.50 bits per heavy atom. The first-order chi connectivity index (χ1) is 6.74. The first kappa shape index (κ1) is 10.6. The van der Waals surface area contributed by atoms with Crippen LogP contribution in [0.2, 0.25) is 5.02 Å². The number of nitrogens with zero attached hydrogens (tertiary/aromatic N) is 1. The van der Waals surface area contributed by atoms with Crippen molar-refractivity contribution < 1.29 is 9.53 Å². The fourth-order valence-corrected chi connectivity index (χ4v) is 0.927. The van der Waals surface area contributed by atoms with Gasteiger partial charge in [-0.1, -0.05) is 23.4 Å². The standard InChI is InChI=1S/C10H8ClNO2/c1-14-10(13)4-2-3-8-5-6-12-7-9(8)11/h5-7H,4H2,1H3. The van der Waals surface area contributed by atoms with Crippen molar-refractivity contribution >= 4 is 17.6 Å². The molecule has 0 aliphatic heterocycles. The third-order valence-electron chi connectivity index (χ3n) is 1.46. The van der Waals surface area contributed by atoms with E-state index in [0.29, 0.717) is 10.6 Å². The van der Waals surface area contributed by atoms with Crippen molar-refractivity contribution in [3.05, 3.63) is 29.0 Å². The molecule has 0 aliphatic rings. The molecular weight excluding hydrogens is 202 g/mol. The number of pyridine rings is 1. The summed E-state index contributed by atoms with van der Waals surface area (Å²) in [6.45, 7) is 0. The van der Waals surface area contributed by atoms with Gasteiger partial charge in [-0.15, -0.1) is 0 Å². The molecule has 0 radical (unpaired) electrons. The van der Waals surface area contributed by atoms with Gasteiger partial charge in [-0.25, -0.2) is 0 Å². The first-order valence-corrected chi connectivity index (χ1v) is 4.27. The fourth-order valence-electron chi connectivity index (χ4n) is 0.760. The number of halogens is 1. The molecule has 0 N–H and O–H groups in total. The molecule has 72 valence electrons. The zero-order chi connectivity index (χ0) is 10.4. The first-order valence-electron chi connectivity index (χ1n) is 3.89. The highest BCUT2D eigenvalue weighted by Gasteiger charge is 1.96. The third-order valence-corrected chi connectivity index (χ3v) is 1.76. The van der Waals surface area contributed by atoms with Gasteiger partial charge >= 0.3 is 5.97 Å². The average molecular weight is 210 g/mol. The Balaban J connectivity index is 2.68. The summed E-state index contributed by atoms with van der Waals surface area (Å²) in [5.74, 6) is 5.05. The number of aromatic nitrogens is 1. The highest BCUT2D eigenvalue weighted by molar-refractivity contribution is 6.31. The van der Waals surface area contributed by atoms with E-state index in [2.05, 4.69) is 21.6 Å². The van der Waals surface area contributed by atoms with Gasteiger partial charge in [-0.2, -0.15) is 0 Å². The number of carbonyl (C=O) groups excluding carboxylic acids is 1. The van der Waals surface area contributed by atoms with Crippen LogP contribution >= 0.6 is 11.6 Å². The molecule has 4 heteroatoms. The van der Waals surface area contributed by atoms with Crippen LogP contribution in [0.25, 0.3) is 0 Å². The van der Waals surface area contributed by atoms with Crippen LogP contribution in [0.1, 0.15) is 12.0 Å². The van der Waals surface area contributed by atoms with E-state index in [1.807, 2.05) is 0 Å². The van der Waals surface area contributed by atoms with Crippen molar-refractivity contribution in [1.82, 2.24) is 4.98 Å². The van der Waals surface area contributed by atoms with E-state index in [1.54, 1.807) is 12.3 Å². The molecule has 1 heterocycles. The van der Waals surface area contributed by atoms with Crippen LogP contribution in [0.4, 0.5) is 0 Å². The predicted molar refractivity (Wildman–Crippen MR) is 52.8 cm³/mol. The lowest BCUT2D eigenvalue weighted by atomic mass is 10.2. The highest BCUT2D eigenvalue weighted by Crippen LogP contribution is 2.11. The van der Waals surface area contributed by atoms with Gasteiger partial charge in [0.05, 0.1) is 12.1 Å². The molecular formula is C10H8ClNO2. The van der Waals surface area contributed by atoms with Crippen LogP contribution in [0.15, 0.2) is 18.5 Å². The van der Waals surface area contributed by atoms with Crippen LogP contribution in [-0.2, 0) is 9.53 Å². The van der Waals surface area contributed by atoms with Crippen LogP contribution in [0.3, 0.4) is 0 Å². The van der Waals surface area contributed by atoms with Gasteiger partial charge in [-0.05, 0) is 6.07 Å². The van der Waals surface area contributed by atoms with Gasteiger partial charge in [0.15, 0.2) is 0 Å². The molecule has 1 aromatic rings. The quantitative estimate of drug-likeness (QED) is 0.522. The largest absolute Gasteiger partial charge is 0.468 e. The molecule has 1 aromatic heterocycles. The minimum atomic E-state index is -0.359. The zero-order valence-electron chi connectivity index (χ0n) is 7.58. The molecule has 0 aromatic carbocycles. The summed E-state index contributed by atoms with van der Waals surface area (Å²) in [4.78, 5) is 14.5. The smallest absolute Gasteiger partial charge is 0.317 e. The second kappa shape index (κ2) is 5.25. The van der Waals surface area contributed by atoms with E-state index < -0.39 is 0 Å². The highest BCUT2D eigenvalue weighted by atomic mass is 35.5. The van der Waals surface area contributed by atoms with Gasteiger partial charge in [0.1, 0.15) is 6.42 Å². The second-order valence-electron chi connectivity index (χ2n) is 2.41. The Morgan fingerprint density at radius 1 is 1.71 bits per heavy atom. The van der Waals surface area contributed by atoms with Gasteiger partial charge in [0.25, 0.3) is 0 Å². The molecule has 0 aliphatic carbocycles. The molecule has 0 saturated heterocycles. The molecule has 0 bridgehead atoms. The minimum absolute atomic E-state index is 0.0646. The van der Waals surface area contributed by atoms with Gasteiger partial charge in [0.2, 0.25) is 0 Å². The van der Waals surface area contributed by atoms with Crippen LogP contribution < -0.4 is 0 Å². The van der Waals surface area contributed by atoms with Crippen LogP contribution in [-0.4, -0.2) is 18.1 Å². The Labute approximate surface area is 87.1 Å². The summed E-state index contributed by atoms with van der Waals surface area (Å²) in [6, 6.07) is 1.69. The average Bonchev–Trinajstić information content (AvgIpc) is 2.20. The maximum atomic E-state index is 10.7. The molecule has 1 rings (SSSR count). The van der Waals surface area contributed by atoms with E-state index in [9.17, 15) is 4.79 Å². The van der Waals surface area contributed by atoms with E-state index in [0.717, 1.165) is 0 Å². The summed E-state index contributed by atoms with van der Waals surface area (Å²) >= 11 is 5.79. The van der Waals surface area contributed by atoms with Crippen molar-refractivity contribution in [1.29, 1.82) is 0 Å². The number of methoxy groups -OCH3 is 1. The number of hydrogen-bond acceptors (Lipinski definition) is 3. The topological polar surface area (TPSA) is 39.2 Å². The maximum Gasteiger partial charge on any atom is 0.317 e. The van der Waals surface area contributed by atoms with E-state index in [4.69, 9.17) is 11.6 Å². The van der Waals surface area contributed by atoms with Gasteiger partial charge in [0, 0.05) is 18.0 Å². The lowest BCUT2D eigenvalue weighted by molar-refractivity contribution is -0.139. The van der Waals surface area contributed by atoms with Crippen molar-refractivity contribution in [2.45, 2.75) is 6.42 Å². The molecule has 0 atom stereocenters. The van der Waals surface area contributed by atoms with Crippen LogP contribution in [0.5, 0.6) is 0 Å². The van der Waals surface area contributed by atoms with E-state index in [-0.39, 0.29) is 12.4 Å². The summed E-state index contributed by atoms with van der Waals surface area (Å²) in [7, 11) is 1.32. The molecule has 3 nitrogen and oxygen atoms in total. The Bertz CT molecular complexity index is 393. The number of ether oxygens (including phenoxy) is 1. The Morgan fingerprint density at radius 3 is 3.14 bits per heavy atom. The Hall–Kier alpha value is -1.53. The third kappa shape index (κ3) is 3.08. The molecule has 0 saturated carbocycles. The van der Waals surface area contributed by atoms with E-state index in [1.165, 1.54) is 13.3 Å². The maximum absolute atomic E-state index is 10.7. The number of hydrogen-bond donors (Lipinski definition) is 0. The number of rotatable bonds is 1. The predicted octanol–water partition coefficient (Wildman–Crippen LogP) is 1.65. The lowest BCUT2D eigenvalue weighted by Crippen LogP contribution is -1.97. The molecule has 0 spiro atoms. The lowest BCUT2D eigenvalue weighted by Gasteiger charge is -1.92. The summed E-state index contributed by atoms with van der Waals surface area (Å²) in [5.41, 5.74) is 0.658. The van der Waals surface area contributed by atoms with E-state index >= 15 is 0 Å². The van der Waals surface area contributed by atoms with Crippen molar-refractivity contribution in [3.63, 3.8) is 0 Å². The fraction of sp³-hybridized carbons (Fsp3) is 0.200. The molecule has 0 fully saturated rings. The van der Waals surface area contributed by atoms with Gasteiger partial charge < -0.3 is 4.74 Å². The molecule has 0 amide bonds. The van der Waals surface area contributed by atoms with Crippen molar-refractivity contribution in [2.24, 2.45) is 0 Å². The summed E-state index contributed by atoms with van der Waals surface area (Å²) < 4.78 is 4.43. The minimum Gasteiger partial charge on any atom is -0.468 e. The zero-order valence-corrected chi connectivity index (χ0v) is 8.34. The normalized spacial score (nSPS) is 8.71. The summed E-state index contributed by atoms with van der Waals surface area (Å²) in [6.07, 6.45) is 3.16. The van der Waals surface area contributed by atoms with Crippen LogP contribution in [0, 0.1) is 11.8 Å². The van der Waals surface area contributed by atoms with Crippen molar-refractivity contribution in [2.75, 3.05) is 7.11 Å². The number of carbonyl (C=O) groups is 1. The molecule has 14 heavy (non-hydrogen) atoms. The monoisotopic (exact) mass is 209 g/mol. The van der Waals surface area contributed by atoms with Crippen molar-refractivity contribution in [3.8, 4) is 11.8 Å². The Kier molecular flexibility index (Phi) is 3.96. The summed E-state index contributed by atoms with van der Waals surface area (Å²) in [5, 5.41) is 0.477. The second-order valence-corrected chi connectivity index (χ2v) is 2.82.